The van der Waals surface area contributed by atoms with Crippen molar-refractivity contribution in [2.24, 2.45) is 0 Å². The molecular weight excluding hydrogens is 262 g/mol. The Balaban J connectivity index is 1.56. The number of carbonyl (C=O) groups is 1. The molecular formula is C17H17N3O. The molecule has 0 atom stereocenters. The highest BCUT2D eigenvalue weighted by Crippen LogP contribution is 2.47. The van der Waals surface area contributed by atoms with Crippen molar-refractivity contribution in [2.45, 2.75) is 18.3 Å². The normalized spacial score (nSPS) is 15.8. The number of amides is 1. The highest BCUT2D eigenvalue weighted by molar-refractivity contribution is 5.91. The van der Waals surface area contributed by atoms with E-state index in [1.54, 1.807) is 24.7 Å². The summed E-state index contributed by atoms with van der Waals surface area (Å²) in [5.41, 5.74) is 2.12. The van der Waals surface area contributed by atoms with E-state index in [0.29, 0.717) is 12.2 Å². The largest absolute Gasteiger partial charge is 0.352 e. The minimum absolute atomic E-state index is 0.0946. The van der Waals surface area contributed by atoms with Gasteiger partial charge in [-0.2, -0.15) is 0 Å². The lowest BCUT2D eigenvalue weighted by atomic mass is 9.96. The molecule has 0 aliphatic heterocycles. The molecule has 1 aliphatic rings. The molecule has 4 heteroatoms. The van der Waals surface area contributed by atoms with Gasteiger partial charge in [0.2, 0.25) is 5.91 Å². The van der Waals surface area contributed by atoms with Gasteiger partial charge in [-0.25, -0.2) is 0 Å². The molecule has 106 valence electrons. The first-order valence-corrected chi connectivity index (χ1v) is 7.06. The van der Waals surface area contributed by atoms with Crippen LogP contribution in [0.5, 0.6) is 0 Å². The second kappa shape index (κ2) is 5.87. The first-order valence-electron chi connectivity index (χ1n) is 7.06. The van der Waals surface area contributed by atoms with Crippen LogP contribution in [0.1, 0.15) is 24.1 Å². The lowest BCUT2D eigenvalue weighted by Gasteiger charge is -2.15. The lowest BCUT2D eigenvalue weighted by molar-refractivity contribution is -0.116. The van der Waals surface area contributed by atoms with E-state index < -0.39 is 0 Å². The molecule has 0 unspecified atom stereocenters. The summed E-state index contributed by atoms with van der Waals surface area (Å²) in [4.78, 5) is 19.9. The van der Waals surface area contributed by atoms with Crippen molar-refractivity contribution in [3.8, 4) is 0 Å². The van der Waals surface area contributed by atoms with Crippen molar-refractivity contribution in [2.75, 3.05) is 6.54 Å². The van der Waals surface area contributed by atoms with Gasteiger partial charge in [0.15, 0.2) is 0 Å². The van der Waals surface area contributed by atoms with Crippen LogP contribution in [0.4, 0.5) is 0 Å². The van der Waals surface area contributed by atoms with Crippen molar-refractivity contribution in [3.63, 3.8) is 0 Å². The Hall–Kier alpha value is -2.49. The zero-order valence-corrected chi connectivity index (χ0v) is 11.7. The van der Waals surface area contributed by atoms with E-state index in [9.17, 15) is 4.79 Å². The van der Waals surface area contributed by atoms with Crippen LogP contribution in [-0.4, -0.2) is 22.4 Å². The van der Waals surface area contributed by atoms with Crippen LogP contribution in [0.25, 0.3) is 6.08 Å². The molecule has 1 amide bonds. The maximum atomic E-state index is 11.9. The number of nitrogens with zero attached hydrogens (tertiary/aromatic N) is 2. The second-order valence-corrected chi connectivity index (χ2v) is 5.33. The van der Waals surface area contributed by atoms with Crippen molar-refractivity contribution in [3.05, 3.63) is 66.3 Å². The molecule has 3 rings (SSSR count). The first kappa shape index (κ1) is 13.5. The molecule has 2 aromatic rings. The molecule has 1 saturated carbocycles. The summed E-state index contributed by atoms with van der Waals surface area (Å²) >= 11 is 0. The monoisotopic (exact) mass is 279 g/mol. The summed E-state index contributed by atoms with van der Waals surface area (Å²) in [6.07, 6.45) is 10.3. The van der Waals surface area contributed by atoms with Gasteiger partial charge in [-0.1, -0.05) is 30.3 Å². The number of rotatable bonds is 5. The SMILES string of the molecule is O=C(/C=C\c1cnccn1)NCC1(c2ccccc2)CC1. The van der Waals surface area contributed by atoms with Crippen LogP contribution in [0, 0.1) is 0 Å². The van der Waals surface area contributed by atoms with E-state index >= 15 is 0 Å². The van der Waals surface area contributed by atoms with Gasteiger partial charge in [0.05, 0.1) is 11.9 Å². The predicted octanol–water partition coefficient (Wildman–Crippen LogP) is 2.34. The summed E-state index contributed by atoms with van der Waals surface area (Å²) in [5.74, 6) is -0.0946. The molecule has 1 aromatic heterocycles. The molecule has 1 fully saturated rings. The molecule has 0 spiro atoms. The molecule has 1 aromatic carbocycles. The Labute approximate surface area is 123 Å². The quantitative estimate of drug-likeness (QED) is 0.855. The third kappa shape index (κ3) is 3.34. The summed E-state index contributed by atoms with van der Waals surface area (Å²) in [6, 6.07) is 10.4. The second-order valence-electron chi connectivity index (χ2n) is 5.33. The fourth-order valence-electron chi connectivity index (χ4n) is 2.38. The predicted molar refractivity (Wildman–Crippen MR) is 81.4 cm³/mol. The number of benzene rings is 1. The summed E-state index contributed by atoms with van der Waals surface area (Å²) in [7, 11) is 0. The van der Waals surface area contributed by atoms with Crippen LogP contribution >= 0.6 is 0 Å². The zero-order valence-electron chi connectivity index (χ0n) is 11.7. The third-order valence-electron chi connectivity index (χ3n) is 3.83. The summed E-state index contributed by atoms with van der Waals surface area (Å²) < 4.78 is 0. The molecule has 1 N–H and O–H groups in total. The minimum atomic E-state index is -0.0946. The molecule has 0 radical (unpaired) electrons. The molecule has 1 heterocycles. The van der Waals surface area contributed by atoms with Crippen molar-refractivity contribution in [1.29, 1.82) is 0 Å². The number of hydrogen-bond donors (Lipinski definition) is 1. The smallest absolute Gasteiger partial charge is 0.244 e. The Morgan fingerprint density at radius 3 is 2.71 bits per heavy atom. The topological polar surface area (TPSA) is 54.9 Å². The first-order chi connectivity index (χ1) is 10.3. The molecule has 21 heavy (non-hydrogen) atoms. The molecule has 1 aliphatic carbocycles. The fourth-order valence-corrected chi connectivity index (χ4v) is 2.38. The summed E-state index contributed by atoms with van der Waals surface area (Å²) in [6.45, 7) is 0.681. The van der Waals surface area contributed by atoms with E-state index in [1.807, 2.05) is 18.2 Å². The van der Waals surface area contributed by atoms with E-state index in [2.05, 4.69) is 27.4 Å². The number of nitrogens with one attached hydrogen (secondary N) is 1. The van der Waals surface area contributed by atoms with Gasteiger partial charge in [-0.15, -0.1) is 0 Å². The number of aromatic nitrogens is 2. The maximum absolute atomic E-state index is 11.9. The molecule has 0 bridgehead atoms. The van der Waals surface area contributed by atoms with Crippen molar-refractivity contribution in [1.82, 2.24) is 15.3 Å². The average molecular weight is 279 g/mol. The van der Waals surface area contributed by atoms with Gasteiger partial charge in [-0.3, -0.25) is 14.8 Å². The number of hydrogen-bond acceptors (Lipinski definition) is 3. The number of carbonyl (C=O) groups excluding carboxylic acids is 1. The van der Waals surface area contributed by atoms with Crippen LogP contribution in [0.15, 0.2) is 55.0 Å². The van der Waals surface area contributed by atoms with Gasteiger partial charge in [0, 0.05) is 30.4 Å². The molecule has 4 nitrogen and oxygen atoms in total. The highest BCUT2D eigenvalue weighted by Gasteiger charge is 2.43. The Kier molecular flexibility index (Phi) is 3.77. The Bertz CT molecular complexity index is 634. The van der Waals surface area contributed by atoms with E-state index in [0.717, 1.165) is 12.8 Å². The Morgan fingerprint density at radius 1 is 1.24 bits per heavy atom. The zero-order chi connectivity index (χ0) is 14.5. The van der Waals surface area contributed by atoms with Crippen LogP contribution in [0.3, 0.4) is 0 Å². The van der Waals surface area contributed by atoms with Crippen molar-refractivity contribution < 1.29 is 4.79 Å². The van der Waals surface area contributed by atoms with Gasteiger partial charge >= 0.3 is 0 Å². The fraction of sp³-hybridized carbons (Fsp3) is 0.235. The van der Waals surface area contributed by atoms with Gasteiger partial charge in [0.25, 0.3) is 0 Å². The molecule has 0 saturated heterocycles. The van der Waals surface area contributed by atoms with E-state index in [1.165, 1.54) is 11.6 Å². The van der Waals surface area contributed by atoms with Crippen LogP contribution < -0.4 is 5.32 Å². The van der Waals surface area contributed by atoms with Crippen LogP contribution in [0.2, 0.25) is 0 Å². The van der Waals surface area contributed by atoms with Gasteiger partial charge in [0.1, 0.15) is 0 Å². The van der Waals surface area contributed by atoms with Gasteiger partial charge in [-0.05, 0) is 24.5 Å². The maximum Gasteiger partial charge on any atom is 0.244 e. The van der Waals surface area contributed by atoms with Crippen LogP contribution in [-0.2, 0) is 10.2 Å². The third-order valence-corrected chi connectivity index (χ3v) is 3.83. The average Bonchev–Trinajstić information content (AvgIpc) is 3.34. The summed E-state index contributed by atoms with van der Waals surface area (Å²) in [5, 5.41) is 2.98. The van der Waals surface area contributed by atoms with Gasteiger partial charge < -0.3 is 5.32 Å². The Morgan fingerprint density at radius 2 is 2.05 bits per heavy atom. The lowest BCUT2D eigenvalue weighted by Crippen LogP contribution is -2.30. The van der Waals surface area contributed by atoms with Crippen molar-refractivity contribution >= 4 is 12.0 Å². The standard InChI is InChI=1S/C17H17N3O/c21-16(7-6-15-12-18-10-11-19-15)20-13-17(8-9-17)14-4-2-1-3-5-14/h1-7,10-12H,8-9,13H2,(H,20,21)/b7-6-. The van der Waals surface area contributed by atoms with E-state index in [-0.39, 0.29) is 11.3 Å². The van der Waals surface area contributed by atoms with E-state index in [4.69, 9.17) is 0 Å². The highest BCUT2D eigenvalue weighted by atomic mass is 16.1. The minimum Gasteiger partial charge on any atom is -0.352 e.